The molecule has 1 atom stereocenters. The molecule has 0 spiro atoms. The summed E-state index contributed by atoms with van der Waals surface area (Å²) < 4.78 is 13.3. The number of hydrogen-bond donors (Lipinski definition) is 2. The average Bonchev–Trinajstić information content (AvgIpc) is 2.24. The van der Waals surface area contributed by atoms with Crippen LogP contribution in [0.25, 0.3) is 0 Å². The predicted octanol–water partition coefficient (Wildman–Crippen LogP) is 1.96. The van der Waals surface area contributed by atoms with E-state index in [4.69, 9.17) is 0 Å². The first kappa shape index (κ1) is 13.6. The first-order valence-corrected chi connectivity index (χ1v) is 5.53. The number of aliphatic hydroxyl groups is 1. The third-order valence-corrected chi connectivity index (χ3v) is 2.57. The predicted molar refractivity (Wildman–Crippen MR) is 64.2 cm³/mol. The number of benzene rings is 1. The van der Waals surface area contributed by atoms with Gasteiger partial charge in [-0.25, -0.2) is 4.39 Å². The van der Waals surface area contributed by atoms with E-state index < -0.39 is 17.8 Å². The van der Waals surface area contributed by atoms with Crippen molar-refractivity contribution in [3.63, 3.8) is 0 Å². The molecule has 0 radical (unpaired) electrons. The summed E-state index contributed by atoms with van der Waals surface area (Å²) in [6.45, 7) is 5.71. The van der Waals surface area contributed by atoms with Crippen molar-refractivity contribution in [3.8, 4) is 0 Å². The van der Waals surface area contributed by atoms with Gasteiger partial charge in [0, 0.05) is 6.54 Å². The molecule has 0 heterocycles. The fraction of sp³-hybridized carbons (Fsp3) is 0.462. The van der Waals surface area contributed by atoms with Crippen LogP contribution in [0.2, 0.25) is 0 Å². The van der Waals surface area contributed by atoms with Crippen LogP contribution in [-0.2, 0) is 0 Å². The lowest BCUT2D eigenvalue weighted by molar-refractivity contribution is 0.0585. The minimum atomic E-state index is -0.668. The number of hydrogen-bond acceptors (Lipinski definition) is 2. The zero-order valence-electron chi connectivity index (χ0n) is 10.3. The summed E-state index contributed by atoms with van der Waals surface area (Å²) in [6, 6.07) is 5.76. The first-order valence-electron chi connectivity index (χ1n) is 5.53. The Kier molecular flexibility index (Phi) is 4.23. The van der Waals surface area contributed by atoms with Crippen LogP contribution in [-0.4, -0.2) is 23.7 Å². The molecule has 0 aliphatic heterocycles. The second-order valence-electron chi connectivity index (χ2n) is 5.07. The van der Waals surface area contributed by atoms with Gasteiger partial charge in [-0.05, 0) is 17.5 Å². The van der Waals surface area contributed by atoms with E-state index >= 15 is 0 Å². The summed E-state index contributed by atoms with van der Waals surface area (Å²) in [4.78, 5) is 11.6. The van der Waals surface area contributed by atoms with E-state index in [1.807, 2.05) is 20.8 Å². The van der Waals surface area contributed by atoms with Crippen molar-refractivity contribution >= 4 is 5.91 Å². The SMILES string of the molecule is CC(C)(C)C(O)CNC(=O)c1ccccc1F. The molecule has 1 rings (SSSR count). The zero-order chi connectivity index (χ0) is 13.1. The van der Waals surface area contributed by atoms with Crippen molar-refractivity contribution in [1.82, 2.24) is 5.32 Å². The maximum absolute atomic E-state index is 13.3. The number of amides is 1. The molecular formula is C13H18FNO2. The second kappa shape index (κ2) is 5.27. The summed E-state index contributed by atoms with van der Waals surface area (Å²) in [5.74, 6) is -1.07. The summed E-state index contributed by atoms with van der Waals surface area (Å²) >= 11 is 0. The molecule has 0 fully saturated rings. The van der Waals surface area contributed by atoms with E-state index in [0.717, 1.165) is 0 Å². The molecular weight excluding hydrogens is 221 g/mol. The van der Waals surface area contributed by atoms with Crippen LogP contribution in [0.4, 0.5) is 4.39 Å². The lowest BCUT2D eigenvalue weighted by Crippen LogP contribution is -2.39. The van der Waals surface area contributed by atoms with Crippen LogP contribution in [0.3, 0.4) is 0 Å². The largest absolute Gasteiger partial charge is 0.391 e. The lowest BCUT2D eigenvalue weighted by atomic mass is 9.89. The van der Waals surface area contributed by atoms with Crippen LogP contribution < -0.4 is 5.32 Å². The van der Waals surface area contributed by atoms with Gasteiger partial charge in [0.2, 0.25) is 0 Å². The highest BCUT2D eigenvalue weighted by molar-refractivity contribution is 5.94. The zero-order valence-corrected chi connectivity index (χ0v) is 10.3. The molecule has 0 bridgehead atoms. The lowest BCUT2D eigenvalue weighted by Gasteiger charge is -2.25. The van der Waals surface area contributed by atoms with Crippen molar-refractivity contribution < 1.29 is 14.3 Å². The second-order valence-corrected chi connectivity index (χ2v) is 5.07. The van der Waals surface area contributed by atoms with Gasteiger partial charge in [-0.3, -0.25) is 4.79 Å². The third-order valence-electron chi connectivity index (χ3n) is 2.57. The van der Waals surface area contributed by atoms with Crippen LogP contribution in [0, 0.1) is 11.2 Å². The van der Waals surface area contributed by atoms with Gasteiger partial charge < -0.3 is 10.4 Å². The highest BCUT2D eigenvalue weighted by atomic mass is 19.1. The Morgan fingerprint density at radius 1 is 1.41 bits per heavy atom. The minimum absolute atomic E-state index is 0.00592. The molecule has 0 aliphatic carbocycles. The Balaban J connectivity index is 2.60. The Hall–Kier alpha value is -1.42. The number of carbonyl (C=O) groups excluding carboxylic acids is 1. The molecule has 0 saturated carbocycles. The number of aliphatic hydroxyl groups excluding tert-OH is 1. The van der Waals surface area contributed by atoms with Crippen molar-refractivity contribution in [2.75, 3.05) is 6.54 Å². The molecule has 0 aromatic heterocycles. The topological polar surface area (TPSA) is 49.3 Å². The van der Waals surface area contributed by atoms with Crippen LogP contribution >= 0.6 is 0 Å². The van der Waals surface area contributed by atoms with Crippen LogP contribution in [0.5, 0.6) is 0 Å². The number of carbonyl (C=O) groups is 1. The molecule has 1 aromatic rings. The summed E-state index contributed by atoms with van der Waals surface area (Å²) in [5.41, 5.74) is -0.323. The van der Waals surface area contributed by atoms with Gasteiger partial charge in [-0.1, -0.05) is 32.9 Å². The Morgan fingerprint density at radius 2 is 2.00 bits per heavy atom. The quantitative estimate of drug-likeness (QED) is 0.847. The third kappa shape index (κ3) is 3.82. The van der Waals surface area contributed by atoms with Crippen molar-refractivity contribution in [2.45, 2.75) is 26.9 Å². The molecule has 2 N–H and O–H groups in total. The van der Waals surface area contributed by atoms with Crippen LogP contribution in [0.1, 0.15) is 31.1 Å². The van der Waals surface area contributed by atoms with Gasteiger partial charge >= 0.3 is 0 Å². The van der Waals surface area contributed by atoms with E-state index in [0.29, 0.717) is 0 Å². The van der Waals surface area contributed by atoms with Crippen LogP contribution in [0.15, 0.2) is 24.3 Å². The van der Waals surface area contributed by atoms with Gasteiger partial charge in [-0.15, -0.1) is 0 Å². The standard InChI is InChI=1S/C13H18FNO2/c1-13(2,3)11(16)8-15-12(17)9-6-4-5-7-10(9)14/h4-7,11,16H,8H2,1-3H3,(H,15,17). The highest BCUT2D eigenvalue weighted by Crippen LogP contribution is 2.18. The molecule has 17 heavy (non-hydrogen) atoms. The fourth-order valence-electron chi connectivity index (χ4n) is 1.24. The molecule has 1 amide bonds. The average molecular weight is 239 g/mol. The number of nitrogens with one attached hydrogen (secondary N) is 1. The minimum Gasteiger partial charge on any atom is -0.391 e. The van der Waals surface area contributed by atoms with Gasteiger partial charge in [0.05, 0.1) is 11.7 Å². The molecule has 1 unspecified atom stereocenters. The highest BCUT2D eigenvalue weighted by Gasteiger charge is 2.22. The maximum Gasteiger partial charge on any atom is 0.254 e. The Bertz CT molecular complexity index is 399. The summed E-state index contributed by atoms with van der Waals surface area (Å²) in [6.07, 6.45) is -0.668. The molecule has 1 aromatic carbocycles. The first-order chi connectivity index (χ1) is 7.82. The molecule has 94 valence electrons. The molecule has 0 aliphatic rings. The molecule has 4 heteroatoms. The summed E-state index contributed by atoms with van der Waals surface area (Å²) in [7, 11) is 0. The van der Waals surface area contributed by atoms with E-state index in [2.05, 4.69) is 5.32 Å². The van der Waals surface area contributed by atoms with Crippen molar-refractivity contribution in [3.05, 3.63) is 35.6 Å². The molecule has 3 nitrogen and oxygen atoms in total. The van der Waals surface area contributed by atoms with E-state index in [1.54, 1.807) is 6.07 Å². The monoisotopic (exact) mass is 239 g/mol. The van der Waals surface area contributed by atoms with Crippen molar-refractivity contribution in [1.29, 1.82) is 0 Å². The van der Waals surface area contributed by atoms with Crippen molar-refractivity contribution in [2.24, 2.45) is 5.41 Å². The summed E-state index contributed by atoms with van der Waals surface area (Å²) in [5, 5.41) is 12.3. The van der Waals surface area contributed by atoms with Gasteiger partial charge in [-0.2, -0.15) is 0 Å². The van der Waals surface area contributed by atoms with Gasteiger partial charge in [0.25, 0.3) is 5.91 Å². The number of rotatable bonds is 3. The molecule has 0 saturated heterocycles. The Morgan fingerprint density at radius 3 is 2.53 bits per heavy atom. The van der Waals surface area contributed by atoms with E-state index in [9.17, 15) is 14.3 Å². The van der Waals surface area contributed by atoms with E-state index in [1.165, 1.54) is 18.2 Å². The number of halogens is 1. The Labute approximate surface area is 101 Å². The van der Waals surface area contributed by atoms with Gasteiger partial charge in [0.1, 0.15) is 5.82 Å². The van der Waals surface area contributed by atoms with E-state index in [-0.39, 0.29) is 17.5 Å². The fourth-order valence-corrected chi connectivity index (χ4v) is 1.24. The van der Waals surface area contributed by atoms with Gasteiger partial charge in [0.15, 0.2) is 0 Å². The smallest absolute Gasteiger partial charge is 0.254 e. The maximum atomic E-state index is 13.3. The normalized spacial score (nSPS) is 13.2.